The highest BCUT2D eigenvalue weighted by Gasteiger charge is 2.91. The number of hydrogen-bond acceptors (Lipinski definition) is 3. The van der Waals surface area contributed by atoms with Gasteiger partial charge >= 0.3 is 0 Å². The van der Waals surface area contributed by atoms with Crippen LogP contribution in [0.2, 0.25) is 0 Å². The molecular weight excluding hydrogens is 232 g/mol. The summed E-state index contributed by atoms with van der Waals surface area (Å²) in [5.74, 6) is 1.84. The third-order valence-electron chi connectivity index (χ3n) is 4.99. The van der Waals surface area contributed by atoms with E-state index < -0.39 is 0 Å². The van der Waals surface area contributed by atoms with E-state index in [4.69, 9.17) is 19.4 Å². The lowest BCUT2D eigenvalue weighted by Crippen LogP contribution is -2.18. The standard InChI is InChI=1S/C13H20O2.CH2O2/c1-2-4-10(5-3-1)8-11-6-7-12-13(9-11,14-12)15-12;2-1-3/h10-11H,1-9H2;1H,(H,2,3). The van der Waals surface area contributed by atoms with Crippen LogP contribution in [-0.2, 0) is 14.3 Å². The summed E-state index contributed by atoms with van der Waals surface area (Å²) < 4.78 is 11.3. The zero-order chi connectivity index (χ0) is 12.6. The molecule has 18 heavy (non-hydrogen) atoms. The Morgan fingerprint density at radius 2 is 1.72 bits per heavy atom. The summed E-state index contributed by atoms with van der Waals surface area (Å²) in [5.41, 5.74) is 0. The zero-order valence-electron chi connectivity index (χ0n) is 10.8. The molecule has 2 saturated carbocycles. The van der Waals surface area contributed by atoms with Crippen LogP contribution in [0.3, 0.4) is 0 Å². The van der Waals surface area contributed by atoms with Gasteiger partial charge in [-0.05, 0) is 24.7 Å². The molecule has 4 aliphatic rings. The van der Waals surface area contributed by atoms with Crippen LogP contribution in [-0.4, -0.2) is 23.2 Å². The number of rotatable bonds is 2. The number of ether oxygens (including phenoxy) is 2. The molecule has 0 amide bonds. The summed E-state index contributed by atoms with van der Waals surface area (Å²) in [6.07, 6.45) is 12.5. The van der Waals surface area contributed by atoms with Gasteiger partial charge in [0.1, 0.15) is 0 Å². The van der Waals surface area contributed by atoms with Crippen LogP contribution in [0.15, 0.2) is 0 Å². The summed E-state index contributed by atoms with van der Waals surface area (Å²) in [4.78, 5) is 8.36. The first kappa shape index (κ1) is 12.4. The monoisotopic (exact) mass is 254 g/mol. The smallest absolute Gasteiger partial charge is 0.290 e. The molecule has 0 radical (unpaired) electrons. The van der Waals surface area contributed by atoms with Gasteiger partial charge in [0, 0.05) is 12.8 Å². The number of hydrogen-bond donors (Lipinski definition) is 1. The lowest BCUT2D eigenvalue weighted by molar-refractivity contribution is -0.122. The SMILES string of the molecule is C1CCC(CC2CCC34OC3(C2)O4)CC1.O=CO. The topological polar surface area (TPSA) is 62.4 Å². The van der Waals surface area contributed by atoms with Gasteiger partial charge in [-0.3, -0.25) is 4.79 Å². The Hall–Kier alpha value is -0.610. The average molecular weight is 254 g/mol. The molecule has 102 valence electrons. The van der Waals surface area contributed by atoms with Gasteiger partial charge in [-0.2, -0.15) is 0 Å². The Morgan fingerprint density at radius 1 is 1.06 bits per heavy atom. The molecule has 0 bridgehead atoms. The molecule has 2 heterocycles. The quantitative estimate of drug-likeness (QED) is 0.608. The molecule has 1 atom stereocenters. The summed E-state index contributed by atoms with van der Waals surface area (Å²) >= 11 is 0. The fraction of sp³-hybridized carbons (Fsp3) is 0.929. The van der Waals surface area contributed by atoms with E-state index in [-0.39, 0.29) is 18.0 Å². The second kappa shape index (κ2) is 4.49. The first-order valence-electron chi connectivity index (χ1n) is 7.22. The first-order chi connectivity index (χ1) is 8.74. The van der Waals surface area contributed by atoms with Crippen molar-refractivity contribution in [3.05, 3.63) is 0 Å². The minimum atomic E-state index is -0.250. The largest absolute Gasteiger partial charge is 0.483 e. The molecule has 4 rings (SSSR count). The second-order valence-corrected chi connectivity index (χ2v) is 6.16. The van der Waals surface area contributed by atoms with Crippen molar-refractivity contribution < 1.29 is 19.4 Å². The van der Waals surface area contributed by atoms with E-state index in [1.807, 2.05) is 0 Å². The van der Waals surface area contributed by atoms with E-state index in [2.05, 4.69) is 0 Å². The number of epoxide rings is 2. The van der Waals surface area contributed by atoms with Gasteiger partial charge < -0.3 is 14.6 Å². The third kappa shape index (κ3) is 2.05. The zero-order valence-corrected chi connectivity index (χ0v) is 10.8. The fourth-order valence-electron chi connectivity index (χ4n) is 3.99. The second-order valence-electron chi connectivity index (χ2n) is 6.16. The minimum absolute atomic E-state index is 0.0317. The third-order valence-corrected chi connectivity index (χ3v) is 4.99. The van der Waals surface area contributed by atoms with E-state index in [0.29, 0.717) is 0 Å². The fourth-order valence-corrected chi connectivity index (χ4v) is 3.99. The number of carboxylic acid groups (broad SMARTS) is 1. The Kier molecular flexibility index (Phi) is 3.10. The minimum Gasteiger partial charge on any atom is -0.483 e. The van der Waals surface area contributed by atoms with Crippen LogP contribution in [0.25, 0.3) is 0 Å². The predicted molar refractivity (Wildman–Crippen MR) is 64.9 cm³/mol. The van der Waals surface area contributed by atoms with Crippen LogP contribution in [0, 0.1) is 11.8 Å². The first-order valence-corrected chi connectivity index (χ1v) is 7.22. The molecule has 2 aliphatic heterocycles. The summed E-state index contributed by atoms with van der Waals surface area (Å²) in [7, 11) is 0. The van der Waals surface area contributed by atoms with E-state index in [1.165, 1.54) is 57.8 Å². The maximum absolute atomic E-state index is 8.36. The van der Waals surface area contributed by atoms with Crippen LogP contribution < -0.4 is 0 Å². The Balaban J connectivity index is 0.000000307. The van der Waals surface area contributed by atoms with Gasteiger partial charge in [0.25, 0.3) is 6.47 Å². The van der Waals surface area contributed by atoms with Gasteiger partial charge in [-0.1, -0.05) is 32.1 Å². The van der Waals surface area contributed by atoms with Crippen molar-refractivity contribution in [1.82, 2.24) is 0 Å². The normalized spacial score (nSPS) is 45.0. The highest BCUT2D eigenvalue weighted by atomic mass is 17.0. The maximum atomic E-state index is 8.36. The van der Waals surface area contributed by atoms with Gasteiger partial charge in [0.15, 0.2) is 0 Å². The van der Waals surface area contributed by atoms with Crippen molar-refractivity contribution in [3.63, 3.8) is 0 Å². The van der Waals surface area contributed by atoms with Crippen LogP contribution >= 0.6 is 0 Å². The molecule has 0 aromatic carbocycles. The van der Waals surface area contributed by atoms with E-state index in [1.54, 1.807) is 0 Å². The van der Waals surface area contributed by atoms with Gasteiger partial charge in [0.2, 0.25) is 11.6 Å². The Bertz CT molecular complexity index is 316. The maximum Gasteiger partial charge on any atom is 0.290 e. The summed E-state index contributed by atoms with van der Waals surface area (Å²) in [6, 6.07) is 0. The lowest BCUT2D eigenvalue weighted by Gasteiger charge is -2.26. The van der Waals surface area contributed by atoms with Crippen molar-refractivity contribution in [2.24, 2.45) is 11.8 Å². The highest BCUT2D eigenvalue weighted by molar-refractivity contribution is 5.32. The molecule has 0 aromatic rings. The molecule has 4 nitrogen and oxygen atoms in total. The van der Waals surface area contributed by atoms with Crippen LogP contribution in [0.5, 0.6) is 0 Å². The van der Waals surface area contributed by atoms with E-state index in [9.17, 15) is 0 Å². The molecule has 0 spiro atoms. The highest BCUT2D eigenvalue weighted by Crippen LogP contribution is 2.75. The molecule has 4 fully saturated rings. The molecular formula is C14H22O4. The van der Waals surface area contributed by atoms with Crippen LogP contribution in [0.4, 0.5) is 0 Å². The van der Waals surface area contributed by atoms with Gasteiger partial charge in [-0.15, -0.1) is 0 Å². The molecule has 1 unspecified atom stereocenters. The van der Waals surface area contributed by atoms with Crippen molar-refractivity contribution >= 4 is 6.47 Å². The molecule has 4 heteroatoms. The van der Waals surface area contributed by atoms with Gasteiger partial charge in [0.05, 0.1) is 0 Å². The molecule has 1 N–H and O–H groups in total. The molecule has 0 aromatic heterocycles. The summed E-state index contributed by atoms with van der Waals surface area (Å²) in [6.45, 7) is -0.250. The summed E-state index contributed by atoms with van der Waals surface area (Å²) in [5, 5.41) is 6.89. The Labute approximate surface area is 108 Å². The van der Waals surface area contributed by atoms with Crippen LogP contribution in [0.1, 0.15) is 57.8 Å². The van der Waals surface area contributed by atoms with Crippen molar-refractivity contribution in [1.29, 1.82) is 0 Å². The van der Waals surface area contributed by atoms with Gasteiger partial charge in [-0.25, -0.2) is 0 Å². The van der Waals surface area contributed by atoms with Crippen molar-refractivity contribution in [2.75, 3.05) is 0 Å². The predicted octanol–water partition coefficient (Wildman–Crippen LogP) is 2.91. The molecule has 2 saturated heterocycles. The lowest BCUT2D eigenvalue weighted by atomic mass is 9.78. The average Bonchev–Trinajstić information content (AvgIpc) is 3.17. The van der Waals surface area contributed by atoms with Crippen molar-refractivity contribution in [3.8, 4) is 0 Å². The van der Waals surface area contributed by atoms with Crippen molar-refractivity contribution in [2.45, 2.75) is 69.4 Å². The van der Waals surface area contributed by atoms with E-state index >= 15 is 0 Å². The Morgan fingerprint density at radius 3 is 2.33 bits per heavy atom. The van der Waals surface area contributed by atoms with E-state index in [0.717, 1.165) is 11.8 Å². The number of carbonyl (C=O) groups is 1. The molecule has 2 aliphatic carbocycles.